The fourth-order valence-electron chi connectivity index (χ4n) is 2.21. The summed E-state index contributed by atoms with van der Waals surface area (Å²) < 4.78 is 6.32. The standard InChI is InChI=1S/C18H14BrClN2O3S/c1-2-25-14-8-10(7-13(20)16(14)23)9-15-17(24)22-18(26-15)21-12-5-3-11(19)4-6-12/h3-9,23H,2H2,1H3,(H,21,22,24). The van der Waals surface area contributed by atoms with Crippen LogP contribution in [0.5, 0.6) is 11.5 Å². The van der Waals surface area contributed by atoms with Crippen LogP contribution in [0.2, 0.25) is 5.02 Å². The van der Waals surface area contributed by atoms with Crippen molar-refractivity contribution in [3.8, 4) is 11.5 Å². The highest BCUT2D eigenvalue weighted by atomic mass is 79.9. The number of hydrogen-bond acceptors (Lipinski definition) is 5. The summed E-state index contributed by atoms with van der Waals surface area (Å²) in [5.41, 5.74) is 1.39. The lowest BCUT2D eigenvalue weighted by Gasteiger charge is -2.08. The maximum absolute atomic E-state index is 12.2. The van der Waals surface area contributed by atoms with Crippen LogP contribution in [-0.4, -0.2) is 22.8 Å². The molecule has 26 heavy (non-hydrogen) atoms. The predicted octanol–water partition coefficient (Wildman–Crippen LogP) is 5.10. The average Bonchev–Trinajstić information content (AvgIpc) is 2.94. The Bertz CT molecular complexity index is 913. The number of aromatic hydroxyl groups is 1. The van der Waals surface area contributed by atoms with Crippen molar-refractivity contribution in [1.82, 2.24) is 5.32 Å². The van der Waals surface area contributed by atoms with E-state index in [0.29, 0.717) is 22.2 Å². The van der Waals surface area contributed by atoms with Crippen LogP contribution in [0.1, 0.15) is 12.5 Å². The summed E-state index contributed by atoms with van der Waals surface area (Å²) in [6, 6.07) is 10.7. The summed E-state index contributed by atoms with van der Waals surface area (Å²) in [5.74, 6) is -0.0799. The number of hydrogen-bond donors (Lipinski definition) is 2. The predicted molar refractivity (Wildman–Crippen MR) is 109 cm³/mol. The minimum absolute atomic E-state index is 0.114. The first-order valence-corrected chi connectivity index (χ1v) is 9.65. The van der Waals surface area contributed by atoms with E-state index in [1.54, 1.807) is 18.2 Å². The zero-order chi connectivity index (χ0) is 18.7. The number of phenolic OH excluding ortho intramolecular Hbond substituents is 1. The van der Waals surface area contributed by atoms with Gasteiger partial charge in [-0.3, -0.25) is 4.79 Å². The molecule has 8 heteroatoms. The van der Waals surface area contributed by atoms with Crippen LogP contribution >= 0.6 is 39.3 Å². The van der Waals surface area contributed by atoms with Gasteiger partial charge in [-0.2, -0.15) is 0 Å². The number of benzene rings is 2. The van der Waals surface area contributed by atoms with Gasteiger partial charge in [-0.1, -0.05) is 27.5 Å². The Morgan fingerprint density at radius 1 is 1.35 bits per heavy atom. The number of thioether (sulfide) groups is 1. The number of aliphatic imine (C=N–C) groups is 1. The molecule has 1 heterocycles. The SMILES string of the molecule is CCOc1cc(C=C2SC(=Nc3ccc(Br)cc3)NC2=O)cc(Cl)c1O. The number of carbonyl (C=O) groups is 1. The van der Waals surface area contributed by atoms with Crippen molar-refractivity contribution >= 4 is 62.1 Å². The number of nitrogens with one attached hydrogen (secondary N) is 1. The molecule has 0 aromatic heterocycles. The van der Waals surface area contributed by atoms with Crippen LogP contribution in [0.15, 0.2) is 50.8 Å². The van der Waals surface area contributed by atoms with Gasteiger partial charge < -0.3 is 15.2 Å². The highest BCUT2D eigenvalue weighted by Gasteiger charge is 2.24. The summed E-state index contributed by atoms with van der Waals surface area (Å²) in [6.45, 7) is 2.20. The second-order valence-electron chi connectivity index (χ2n) is 5.24. The van der Waals surface area contributed by atoms with Gasteiger partial charge in [0.25, 0.3) is 5.91 Å². The van der Waals surface area contributed by atoms with Crippen molar-refractivity contribution in [3.05, 3.63) is 56.4 Å². The Balaban J connectivity index is 1.86. The van der Waals surface area contributed by atoms with Gasteiger partial charge in [0.2, 0.25) is 0 Å². The van der Waals surface area contributed by atoms with E-state index in [1.165, 1.54) is 11.8 Å². The molecule has 0 spiro atoms. The summed E-state index contributed by atoms with van der Waals surface area (Å²) in [4.78, 5) is 17.1. The van der Waals surface area contributed by atoms with Crippen molar-refractivity contribution in [1.29, 1.82) is 0 Å². The molecule has 1 fully saturated rings. The molecular formula is C18H14BrClN2O3S. The molecule has 1 aliphatic heterocycles. The number of ether oxygens (including phenoxy) is 1. The fourth-order valence-corrected chi connectivity index (χ4v) is 3.53. The van der Waals surface area contributed by atoms with E-state index in [9.17, 15) is 9.90 Å². The third kappa shape index (κ3) is 4.41. The molecular weight excluding hydrogens is 440 g/mol. The number of amidine groups is 1. The van der Waals surface area contributed by atoms with Crippen LogP contribution in [-0.2, 0) is 4.79 Å². The lowest BCUT2D eigenvalue weighted by molar-refractivity contribution is -0.115. The quantitative estimate of drug-likeness (QED) is 0.632. The topological polar surface area (TPSA) is 70.9 Å². The van der Waals surface area contributed by atoms with E-state index < -0.39 is 0 Å². The third-order valence-electron chi connectivity index (χ3n) is 3.36. The van der Waals surface area contributed by atoms with Gasteiger partial charge in [0.05, 0.1) is 22.2 Å². The number of rotatable bonds is 4. The molecule has 134 valence electrons. The molecule has 2 aromatic carbocycles. The van der Waals surface area contributed by atoms with Gasteiger partial charge in [-0.25, -0.2) is 4.99 Å². The smallest absolute Gasteiger partial charge is 0.264 e. The van der Waals surface area contributed by atoms with Crippen molar-refractivity contribution in [3.63, 3.8) is 0 Å². The molecule has 0 unspecified atom stereocenters. The number of nitrogens with zero attached hydrogens (tertiary/aromatic N) is 1. The number of halogens is 2. The van der Waals surface area contributed by atoms with Gasteiger partial charge in [-0.15, -0.1) is 0 Å². The Morgan fingerprint density at radius 2 is 2.08 bits per heavy atom. The highest BCUT2D eigenvalue weighted by Crippen LogP contribution is 2.37. The van der Waals surface area contributed by atoms with E-state index in [0.717, 1.165) is 10.2 Å². The van der Waals surface area contributed by atoms with Crippen molar-refractivity contribution in [2.24, 2.45) is 4.99 Å². The summed E-state index contributed by atoms with van der Waals surface area (Å²) in [7, 11) is 0. The Labute approximate surface area is 168 Å². The molecule has 0 aliphatic carbocycles. The van der Waals surface area contributed by atoms with Gasteiger partial charge in [0.15, 0.2) is 16.7 Å². The molecule has 1 aliphatic rings. The summed E-state index contributed by atoms with van der Waals surface area (Å²) >= 11 is 10.6. The lowest BCUT2D eigenvalue weighted by atomic mass is 10.2. The number of amides is 1. The van der Waals surface area contributed by atoms with Crippen LogP contribution < -0.4 is 10.1 Å². The zero-order valence-corrected chi connectivity index (χ0v) is 16.8. The molecule has 2 N–H and O–H groups in total. The lowest BCUT2D eigenvalue weighted by Crippen LogP contribution is -2.19. The largest absolute Gasteiger partial charge is 0.503 e. The van der Waals surface area contributed by atoms with Crippen LogP contribution in [0.3, 0.4) is 0 Å². The van der Waals surface area contributed by atoms with Crippen molar-refractivity contribution < 1.29 is 14.6 Å². The Morgan fingerprint density at radius 3 is 2.77 bits per heavy atom. The van der Waals surface area contributed by atoms with E-state index in [2.05, 4.69) is 26.2 Å². The second-order valence-corrected chi connectivity index (χ2v) is 7.59. The van der Waals surface area contributed by atoms with Gasteiger partial charge in [-0.05, 0) is 66.7 Å². The fraction of sp³-hybridized carbons (Fsp3) is 0.111. The minimum atomic E-state index is -0.243. The molecule has 2 aromatic rings. The highest BCUT2D eigenvalue weighted by molar-refractivity contribution is 9.10. The first-order chi connectivity index (χ1) is 12.5. The number of carbonyl (C=O) groups excluding carboxylic acids is 1. The first-order valence-electron chi connectivity index (χ1n) is 7.66. The average molecular weight is 454 g/mol. The monoisotopic (exact) mass is 452 g/mol. The van der Waals surface area contributed by atoms with Crippen molar-refractivity contribution in [2.75, 3.05) is 6.61 Å². The normalized spacial score (nSPS) is 17.0. The van der Waals surface area contributed by atoms with Crippen LogP contribution in [0.25, 0.3) is 6.08 Å². The number of phenols is 1. The summed E-state index contributed by atoms with van der Waals surface area (Å²) in [6.07, 6.45) is 1.68. The van der Waals surface area contributed by atoms with E-state index >= 15 is 0 Å². The third-order valence-corrected chi connectivity index (χ3v) is 5.08. The molecule has 1 saturated heterocycles. The molecule has 3 rings (SSSR count). The molecule has 5 nitrogen and oxygen atoms in total. The maximum Gasteiger partial charge on any atom is 0.264 e. The molecule has 1 amide bonds. The van der Waals surface area contributed by atoms with E-state index in [4.69, 9.17) is 16.3 Å². The maximum atomic E-state index is 12.2. The van der Waals surface area contributed by atoms with Crippen molar-refractivity contribution in [2.45, 2.75) is 6.92 Å². The molecule has 0 atom stereocenters. The van der Waals surface area contributed by atoms with Crippen LogP contribution in [0.4, 0.5) is 5.69 Å². The Hall–Kier alpha value is -1.96. The second kappa shape index (κ2) is 8.16. The van der Waals surface area contributed by atoms with Gasteiger partial charge in [0, 0.05) is 4.47 Å². The van der Waals surface area contributed by atoms with Gasteiger partial charge in [0.1, 0.15) is 0 Å². The van der Waals surface area contributed by atoms with Crippen LogP contribution in [0, 0.1) is 0 Å². The first kappa shape index (κ1) is 18.8. The molecule has 0 bridgehead atoms. The summed E-state index contributed by atoms with van der Waals surface area (Å²) in [5, 5.41) is 13.3. The molecule has 0 radical (unpaired) electrons. The van der Waals surface area contributed by atoms with Gasteiger partial charge >= 0.3 is 0 Å². The van der Waals surface area contributed by atoms with E-state index in [1.807, 2.05) is 31.2 Å². The Kier molecular flexibility index (Phi) is 5.90. The van der Waals surface area contributed by atoms with E-state index in [-0.39, 0.29) is 22.4 Å². The zero-order valence-electron chi connectivity index (χ0n) is 13.6. The molecule has 0 saturated carbocycles. The minimum Gasteiger partial charge on any atom is -0.503 e.